The van der Waals surface area contributed by atoms with Crippen LogP contribution >= 0.6 is 24.0 Å². The van der Waals surface area contributed by atoms with Crippen molar-refractivity contribution in [3.8, 4) is 5.75 Å². The largest absolute Gasteiger partial charge is 0.496 e. The van der Waals surface area contributed by atoms with Crippen LogP contribution in [0.2, 0.25) is 0 Å². The molecule has 0 radical (unpaired) electrons. The average Bonchev–Trinajstić information content (AvgIpc) is 2.67. The van der Waals surface area contributed by atoms with Crippen molar-refractivity contribution in [1.29, 1.82) is 0 Å². The van der Waals surface area contributed by atoms with Gasteiger partial charge in [-0.1, -0.05) is 17.7 Å². The molecule has 0 aromatic heterocycles. The Morgan fingerprint density at radius 1 is 1.23 bits per heavy atom. The summed E-state index contributed by atoms with van der Waals surface area (Å²) in [5.74, 6) is 1.64. The van der Waals surface area contributed by atoms with Gasteiger partial charge < -0.3 is 20.1 Å². The van der Waals surface area contributed by atoms with E-state index in [0.29, 0.717) is 12.5 Å². The van der Waals surface area contributed by atoms with Crippen LogP contribution in [0.25, 0.3) is 0 Å². The van der Waals surface area contributed by atoms with Gasteiger partial charge in [0, 0.05) is 37.3 Å². The van der Waals surface area contributed by atoms with Crippen LogP contribution in [-0.4, -0.2) is 50.8 Å². The quantitative estimate of drug-likeness (QED) is 0.414. The number of aryl methyl sites for hydroxylation is 1. The van der Waals surface area contributed by atoms with Crippen molar-refractivity contribution < 1.29 is 9.47 Å². The molecule has 3 rings (SSSR count). The molecule has 0 saturated carbocycles. The number of ether oxygens (including phenoxy) is 2. The standard InChI is InChI=1S/C20H31N3O2.HI/c1-16-6-7-18(24-2)17(14-16)20(8-12-25-13-9-20)15-22-19(21)23-10-4-3-5-11-23;/h6-7,14H,3-5,8-13,15H2,1-2H3,(H2,21,22);1H. The molecule has 2 aliphatic rings. The number of likely N-dealkylation sites (tertiary alicyclic amines) is 1. The van der Waals surface area contributed by atoms with Gasteiger partial charge in [0.15, 0.2) is 5.96 Å². The molecule has 2 heterocycles. The van der Waals surface area contributed by atoms with Crippen LogP contribution in [0.15, 0.2) is 23.2 Å². The summed E-state index contributed by atoms with van der Waals surface area (Å²) in [4.78, 5) is 7.06. The van der Waals surface area contributed by atoms with Gasteiger partial charge in [-0.2, -0.15) is 0 Å². The second-order valence-electron chi connectivity index (χ2n) is 7.32. The van der Waals surface area contributed by atoms with E-state index < -0.39 is 0 Å². The van der Waals surface area contributed by atoms with E-state index >= 15 is 0 Å². The molecule has 0 amide bonds. The maximum absolute atomic E-state index is 6.32. The fraction of sp³-hybridized carbons (Fsp3) is 0.650. The molecular weight excluding hydrogens is 441 g/mol. The van der Waals surface area contributed by atoms with Gasteiger partial charge in [-0.15, -0.1) is 24.0 Å². The Labute approximate surface area is 174 Å². The Morgan fingerprint density at radius 3 is 2.58 bits per heavy atom. The molecular formula is C20H32IN3O2. The SMILES string of the molecule is COc1ccc(C)cc1C1(CN=C(N)N2CCCCC2)CCOCC1.I. The van der Waals surface area contributed by atoms with Crippen molar-refractivity contribution in [1.82, 2.24) is 4.90 Å². The lowest BCUT2D eigenvalue weighted by Gasteiger charge is -2.38. The van der Waals surface area contributed by atoms with Crippen molar-refractivity contribution >= 4 is 29.9 Å². The summed E-state index contributed by atoms with van der Waals surface area (Å²) in [6.07, 6.45) is 5.61. The lowest BCUT2D eigenvalue weighted by atomic mass is 9.73. The summed E-state index contributed by atoms with van der Waals surface area (Å²) in [7, 11) is 1.74. The van der Waals surface area contributed by atoms with Crippen LogP contribution < -0.4 is 10.5 Å². The molecule has 26 heavy (non-hydrogen) atoms. The molecule has 2 saturated heterocycles. The Kier molecular flexibility index (Phi) is 8.01. The molecule has 1 aromatic rings. The van der Waals surface area contributed by atoms with E-state index in [1.165, 1.54) is 30.4 Å². The lowest BCUT2D eigenvalue weighted by Crippen LogP contribution is -2.43. The Hall–Kier alpha value is -1.02. The van der Waals surface area contributed by atoms with Gasteiger partial charge in [-0.25, -0.2) is 0 Å². The van der Waals surface area contributed by atoms with Crippen LogP contribution in [0, 0.1) is 6.92 Å². The zero-order chi connectivity index (χ0) is 17.7. The summed E-state index contributed by atoms with van der Waals surface area (Å²) in [5, 5.41) is 0. The summed E-state index contributed by atoms with van der Waals surface area (Å²) >= 11 is 0. The third kappa shape index (κ3) is 4.82. The topological polar surface area (TPSA) is 60.1 Å². The molecule has 6 heteroatoms. The molecule has 0 bridgehead atoms. The number of hydrogen-bond acceptors (Lipinski definition) is 3. The average molecular weight is 473 g/mol. The van der Waals surface area contributed by atoms with Crippen LogP contribution in [0.5, 0.6) is 5.75 Å². The van der Waals surface area contributed by atoms with Crippen LogP contribution in [0.3, 0.4) is 0 Å². The van der Waals surface area contributed by atoms with Crippen molar-refractivity contribution in [3.05, 3.63) is 29.3 Å². The number of rotatable bonds is 4. The highest BCUT2D eigenvalue weighted by atomic mass is 127. The van der Waals surface area contributed by atoms with E-state index in [2.05, 4.69) is 30.0 Å². The fourth-order valence-corrected chi connectivity index (χ4v) is 3.97. The van der Waals surface area contributed by atoms with E-state index in [1.807, 2.05) is 0 Å². The third-order valence-corrected chi connectivity index (χ3v) is 5.60. The summed E-state index contributed by atoms with van der Waals surface area (Å²) in [6.45, 7) is 6.39. The minimum absolute atomic E-state index is 0. The minimum atomic E-state index is -0.0595. The van der Waals surface area contributed by atoms with Crippen LogP contribution in [0.4, 0.5) is 0 Å². The normalized spacial score (nSPS) is 20.4. The molecule has 0 aliphatic carbocycles. The third-order valence-electron chi connectivity index (χ3n) is 5.60. The van der Waals surface area contributed by atoms with Crippen LogP contribution in [-0.2, 0) is 10.2 Å². The molecule has 146 valence electrons. The monoisotopic (exact) mass is 473 g/mol. The Bertz CT molecular complexity index is 609. The second kappa shape index (κ2) is 9.78. The Morgan fingerprint density at radius 2 is 1.92 bits per heavy atom. The first-order valence-corrected chi connectivity index (χ1v) is 9.42. The predicted molar refractivity (Wildman–Crippen MR) is 117 cm³/mol. The van der Waals surface area contributed by atoms with E-state index in [9.17, 15) is 0 Å². The number of benzene rings is 1. The molecule has 5 nitrogen and oxygen atoms in total. The number of aliphatic imine (C=N–C) groups is 1. The summed E-state index contributed by atoms with van der Waals surface area (Å²) < 4.78 is 11.3. The number of nitrogens with zero attached hydrogens (tertiary/aromatic N) is 2. The molecule has 2 aliphatic heterocycles. The van der Waals surface area contributed by atoms with Gasteiger partial charge in [0.05, 0.1) is 13.7 Å². The van der Waals surface area contributed by atoms with E-state index in [4.69, 9.17) is 20.2 Å². The van der Waals surface area contributed by atoms with Gasteiger partial charge in [-0.05, 0) is 45.1 Å². The number of piperidine rings is 1. The number of nitrogens with two attached hydrogens (primary N) is 1. The first kappa shape index (κ1) is 21.3. The molecule has 0 spiro atoms. The zero-order valence-electron chi connectivity index (χ0n) is 16.0. The van der Waals surface area contributed by atoms with Gasteiger partial charge in [0.25, 0.3) is 0 Å². The molecule has 1 aromatic carbocycles. The maximum atomic E-state index is 6.32. The van der Waals surface area contributed by atoms with Gasteiger partial charge in [-0.3, -0.25) is 4.99 Å². The first-order valence-electron chi connectivity index (χ1n) is 9.42. The fourth-order valence-electron chi connectivity index (χ4n) is 3.97. The molecule has 0 atom stereocenters. The van der Waals surface area contributed by atoms with Gasteiger partial charge in [0.1, 0.15) is 5.75 Å². The van der Waals surface area contributed by atoms with Crippen molar-refractivity contribution in [2.75, 3.05) is 40.0 Å². The lowest BCUT2D eigenvalue weighted by molar-refractivity contribution is 0.0522. The Balaban J connectivity index is 0.00000243. The minimum Gasteiger partial charge on any atom is -0.496 e. The number of hydrogen-bond donors (Lipinski definition) is 1. The van der Waals surface area contributed by atoms with Gasteiger partial charge in [0.2, 0.25) is 0 Å². The molecule has 0 unspecified atom stereocenters. The highest BCUT2D eigenvalue weighted by Gasteiger charge is 2.37. The first-order chi connectivity index (χ1) is 12.1. The van der Waals surface area contributed by atoms with Gasteiger partial charge >= 0.3 is 0 Å². The number of methoxy groups -OCH3 is 1. The van der Waals surface area contributed by atoms with Crippen LogP contribution in [0.1, 0.15) is 43.2 Å². The van der Waals surface area contributed by atoms with Crippen molar-refractivity contribution in [3.63, 3.8) is 0 Å². The second-order valence-corrected chi connectivity index (χ2v) is 7.32. The van der Waals surface area contributed by atoms with E-state index in [1.54, 1.807) is 7.11 Å². The smallest absolute Gasteiger partial charge is 0.191 e. The number of halogens is 1. The van der Waals surface area contributed by atoms with E-state index in [0.717, 1.165) is 44.9 Å². The predicted octanol–water partition coefficient (Wildman–Crippen LogP) is 3.47. The molecule has 2 fully saturated rings. The maximum Gasteiger partial charge on any atom is 0.191 e. The highest BCUT2D eigenvalue weighted by molar-refractivity contribution is 14.0. The summed E-state index contributed by atoms with van der Waals surface area (Å²) in [6, 6.07) is 6.41. The number of guanidine groups is 1. The van der Waals surface area contributed by atoms with E-state index in [-0.39, 0.29) is 29.4 Å². The highest BCUT2D eigenvalue weighted by Crippen LogP contribution is 2.40. The van der Waals surface area contributed by atoms with Crippen molar-refractivity contribution in [2.24, 2.45) is 10.7 Å². The zero-order valence-corrected chi connectivity index (χ0v) is 18.3. The molecule has 2 N–H and O–H groups in total. The van der Waals surface area contributed by atoms with Crippen molar-refractivity contribution in [2.45, 2.75) is 44.4 Å². The summed E-state index contributed by atoms with van der Waals surface area (Å²) in [5.41, 5.74) is 8.75.